The Morgan fingerprint density at radius 3 is 2.12 bits per heavy atom. The van der Waals surface area contributed by atoms with E-state index in [9.17, 15) is 0 Å². The lowest BCUT2D eigenvalue weighted by Crippen LogP contribution is -1.73. The van der Waals surface area contributed by atoms with Crippen molar-refractivity contribution >= 4 is 15.9 Å². The number of unbranched alkanes of at least 4 members (excludes halogenated alkanes) is 3. The summed E-state index contributed by atoms with van der Waals surface area (Å²) in [7, 11) is 0. The Labute approximate surface area is 60.6 Å². The first-order chi connectivity index (χ1) is 3.41. The normalized spacial score (nSPS) is 8.25. The van der Waals surface area contributed by atoms with Crippen LogP contribution in [0, 0.1) is 0 Å². The van der Waals surface area contributed by atoms with E-state index in [4.69, 9.17) is 0 Å². The Morgan fingerprint density at radius 1 is 1.12 bits per heavy atom. The molecule has 0 aliphatic rings. The van der Waals surface area contributed by atoms with Crippen molar-refractivity contribution in [2.45, 2.75) is 32.6 Å². The van der Waals surface area contributed by atoms with Crippen molar-refractivity contribution in [3.05, 3.63) is 0 Å². The quantitative estimate of drug-likeness (QED) is 0.526. The summed E-state index contributed by atoms with van der Waals surface area (Å²) >= 11 is 3.38. The zero-order chi connectivity index (χ0) is 5.54. The van der Waals surface area contributed by atoms with Crippen molar-refractivity contribution in [3.8, 4) is 0 Å². The molecule has 0 aliphatic carbocycles. The fraction of sp³-hybridized carbons (Fsp3) is 1.00. The molecule has 0 aromatic heterocycles. The van der Waals surface area contributed by atoms with Crippen LogP contribution in [0.2, 0.25) is 0 Å². The maximum absolute atomic E-state index is 3.38. The monoisotopic (exact) mass is 181 g/mol. The van der Waals surface area contributed by atoms with E-state index in [2.05, 4.69) is 22.9 Å². The van der Waals surface area contributed by atoms with Crippen molar-refractivity contribution in [2.75, 3.05) is 5.33 Å². The van der Waals surface area contributed by atoms with Crippen LogP contribution >= 0.6 is 15.9 Å². The maximum atomic E-state index is 3.38. The van der Waals surface area contributed by atoms with Crippen molar-refractivity contribution in [2.24, 2.45) is 0 Å². The number of hydrogen-bond acceptors (Lipinski definition) is 1. The predicted molar refractivity (Wildman–Crippen MR) is 43.0 cm³/mol. The van der Waals surface area contributed by atoms with Crippen LogP contribution in [0.25, 0.3) is 0 Å². The van der Waals surface area contributed by atoms with Crippen molar-refractivity contribution < 1.29 is 0 Å². The molecule has 0 saturated carbocycles. The van der Waals surface area contributed by atoms with Gasteiger partial charge in [-0.3, -0.25) is 0 Å². The van der Waals surface area contributed by atoms with E-state index in [1.54, 1.807) is 0 Å². The molecule has 0 aliphatic heterocycles. The van der Waals surface area contributed by atoms with Gasteiger partial charge in [0.1, 0.15) is 0 Å². The first-order valence-corrected chi connectivity index (χ1v) is 4.10. The highest BCUT2D eigenvalue weighted by Crippen LogP contribution is 1.99. The molecule has 0 heterocycles. The van der Waals surface area contributed by atoms with E-state index in [-0.39, 0.29) is 6.15 Å². The minimum Gasteiger partial charge on any atom is -0.344 e. The van der Waals surface area contributed by atoms with E-state index in [1.807, 2.05) is 0 Å². The first-order valence-electron chi connectivity index (χ1n) is 2.97. The van der Waals surface area contributed by atoms with Gasteiger partial charge >= 0.3 is 0 Å². The molecule has 52 valence electrons. The molecular weight excluding hydrogens is 166 g/mol. The van der Waals surface area contributed by atoms with Crippen molar-refractivity contribution in [1.82, 2.24) is 6.15 Å². The molecule has 2 heteroatoms. The van der Waals surface area contributed by atoms with Gasteiger partial charge in [0.15, 0.2) is 0 Å². The molecule has 0 aromatic rings. The summed E-state index contributed by atoms with van der Waals surface area (Å²) in [5.41, 5.74) is 0. The Bertz CT molecular complexity index is 27.7. The van der Waals surface area contributed by atoms with Crippen LogP contribution in [0.5, 0.6) is 0 Å². The second-order valence-corrected chi connectivity index (χ2v) is 2.54. The van der Waals surface area contributed by atoms with E-state index in [0.29, 0.717) is 0 Å². The highest BCUT2D eigenvalue weighted by Gasteiger charge is 1.81. The fourth-order valence-electron chi connectivity index (χ4n) is 0.521. The average Bonchev–Trinajstić information content (AvgIpc) is 1.69. The molecule has 0 radical (unpaired) electrons. The third-order valence-electron chi connectivity index (χ3n) is 0.987. The van der Waals surface area contributed by atoms with Gasteiger partial charge in [-0.2, -0.15) is 0 Å². The van der Waals surface area contributed by atoms with E-state index in [0.717, 1.165) is 0 Å². The zero-order valence-electron chi connectivity index (χ0n) is 5.62. The standard InChI is InChI=1S/C6H13Br.H3N/c1-2-3-4-5-6-7;/h2-6H2,1H3;1H3. The zero-order valence-corrected chi connectivity index (χ0v) is 7.21. The third-order valence-corrected chi connectivity index (χ3v) is 1.55. The molecule has 0 fully saturated rings. The summed E-state index contributed by atoms with van der Waals surface area (Å²) in [6.45, 7) is 2.23. The maximum Gasteiger partial charge on any atom is 0.00313 e. The van der Waals surface area contributed by atoms with Crippen molar-refractivity contribution in [3.63, 3.8) is 0 Å². The highest BCUT2D eigenvalue weighted by molar-refractivity contribution is 9.09. The largest absolute Gasteiger partial charge is 0.344 e. The lowest BCUT2D eigenvalue weighted by atomic mass is 10.2. The topological polar surface area (TPSA) is 35.0 Å². The van der Waals surface area contributed by atoms with Crippen LogP contribution in [0.15, 0.2) is 0 Å². The molecule has 0 rings (SSSR count). The van der Waals surface area contributed by atoms with Crippen LogP contribution in [0.1, 0.15) is 32.6 Å². The van der Waals surface area contributed by atoms with Crippen molar-refractivity contribution in [1.29, 1.82) is 0 Å². The van der Waals surface area contributed by atoms with E-state index >= 15 is 0 Å². The van der Waals surface area contributed by atoms with Gasteiger partial charge < -0.3 is 6.15 Å². The lowest BCUT2D eigenvalue weighted by Gasteiger charge is -1.89. The second kappa shape index (κ2) is 10.4. The van der Waals surface area contributed by atoms with Gasteiger partial charge in [-0.05, 0) is 6.42 Å². The van der Waals surface area contributed by atoms with Crippen LogP contribution < -0.4 is 6.15 Å². The van der Waals surface area contributed by atoms with Gasteiger partial charge in [0.25, 0.3) is 0 Å². The molecule has 0 spiro atoms. The van der Waals surface area contributed by atoms with Gasteiger partial charge in [0.2, 0.25) is 0 Å². The van der Waals surface area contributed by atoms with E-state index < -0.39 is 0 Å². The van der Waals surface area contributed by atoms with Crippen LogP contribution in [0.3, 0.4) is 0 Å². The Morgan fingerprint density at radius 2 is 1.75 bits per heavy atom. The second-order valence-electron chi connectivity index (χ2n) is 1.75. The number of hydrogen-bond donors (Lipinski definition) is 1. The molecule has 8 heavy (non-hydrogen) atoms. The van der Waals surface area contributed by atoms with Gasteiger partial charge in [0.05, 0.1) is 0 Å². The van der Waals surface area contributed by atoms with Crippen LogP contribution in [0.4, 0.5) is 0 Å². The molecule has 1 nitrogen and oxygen atoms in total. The molecule has 0 aromatic carbocycles. The molecule has 0 saturated heterocycles. The molecule has 0 atom stereocenters. The summed E-state index contributed by atoms with van der Waals surface area (Å²) in [5.74, 6) is 0. The lowest BCUT2D eigenvalue weighted by molar-refractivity contribution is 0.708. The molecule has 0 unspecified atom stereocenters. The fourth-order valence-corrected chi connectivity index (χ4v) is 0.918. The van der Waals surface area contributed by atoms with Gasteiger partial charge in [0, 0.05) is 5.33 Å². The minimum absolute atomic E-state index is 0. The Hall–Kier alpha value is 0.440. The molecular formula is C6H16BrN. The molecule has 0 bridgehead atoms. The third kappa shape index (κ3) is 9.67. The molecule has 3 N–H and O–H groups in total. The summed E-state index contributed by atoms with van der Waals surface area (Å²) < 4.78 is 0. The SMILES string of the molecule is CCCCCCBr.N. The van der Waals surface area contributed by atoms with E-state index in [1.165, 1.54) is 31.0 Å². The summed E-state index contributed by atoms with van der Waals surface area (Å²) in [4.78, 5) is 0. The summed E-state index contributed by atoms with van der Waals surface area (Å²) in [6, 6.07) is 0. The smallest absolute Gasteiger partial charge is 0.00313 e. The van der Waals surface area contributed by atoms with Crippen LogP contribution in [-0.2, 0) is 0 Å². The highest BCUT2D eigenvalue weighted by atomic mass is 79.9. The Balaban J connectivity index is 0. The number of rotatable bonds is 4. The first kappa shape index (κ1) is 11.3. The average molecular weight is 182 g/mol. The summed E-state index contributed by atoms with van der Waals surface area (Å²) in [5, 5.41) is 1.17. The Kier molecular flexibility index (Phi) is 14.7. The number of alkyl halides is 1. The molecule has 0 amide bonds. The van der Waals surface area contributed by atoms with Crippen LogP contribution in [-0.4, -0.2) is 5.33 Å². The minimum atomic E-state index is 0. The van der Waals surface area contributed by atoms with Gasteiger partial charge in [-0.1, -0.05) is 42.1 Å². The van der Waals surface area contributed by atoms with Gasteiger partial charge in [-0.25, -0.2) is 0 Å². The predicted octanol–water partition coefficient (Wildman–Crippen LogP) is 3.12. The van der Waals surface area contributed by atoms with Gasteiger partial charge in [-0.15, -0.1) is 0 Å². The summed E-state index contributed by atoms with van der Waals surface area (Å²) in [6.07, 6.45) is 5.47. The number of halogens is 1.